The molecule has 1 saturated heterocycles. The van der Waals surface area contributed by atoms with Gasteiger partial charge in [0.15, 0.2) is 0 Å². The Hall–Kier alpha value is -0.790. The first kappa shape index (κ1) is 8.31. The molecule has 62 valence electrons. The van der Waals surface area contributed by atoms with Crippen LogP contribution in [0, 0.1) is 5.92 Å². The smallest absolute Gasteiger partial charge is 0.219 e. The van der Waals surface area contributed by atoms with Gasteiger partial charge in [-0.3, -0.25) is 4.79 Å². The monoisotopic (exact) mass is 153 g/mol. The summed E-state index contributed by atoms with van der Waals surface area (Å²) >= 11 is 0. The van der Waals surface area contributed by atoms with Gasteiger partial charge in [-0.05, 0) is 19.3 Å². The van der Waals surface area contributed by atoms with E-state index in [-0.39, 0.29) is 5.91 Å². The number of nitrogens with zero attached hydrogens (tertiary/aromatic N) is 1. The highest BCUT2D eigenvalue weighted by Crippen LogP contribution is 2.16. The average Bonchev–Trinajstić information content (AvgIpc) is 2.37. The normalized spacial score (nSPS) is 24.9. The van der Waals surface area contributed by atoms with Crippen molar-refractivity contribution < 1.29 is 4.79 Å². The molecule has 0 aliphatic carbocycles. The maximum absolute atomic E-state index is 10.9. The molecule has 0 aromatic carbocycles. The molecule has 0 spiro atoms. The molecule has 0 aromatic heterocycles. The first-order valence-electron chi connectivity index (χ1n) is 4.12. The van der Waals surface area contributed by atoms with Gasteiger partial charge in [0.25, 0.3) is 0 Å². The summed E-state index contributed by atoms with van der Waals surface area (Å²) in [5.74, 6) is 0.806. The summed E-state index contributed by atoms with van der Waals surface area (Å²) in [6, 6.07) is 0. The van der Waals surface area contributed by atoms with Crippen molar-refractivity contribution in [2.45, 2.75) is 20.3 Å². The van der Waals surface area contributed by atoms with E-state index in [0.29, 0.717) is 5.92 Å². The third kappa shape index (κ3) is 2.07. The zero-order valence-electron chi connectivity index (χ0n) is 7.21. The predicted octanol–water partition coefficient (Wildman–Crippen LogP) is 1.43. The van der Waals surface area contributed by atoms with Crippen LogP contribution in [0.4, 0.5) is 0 Å². The van der Waals surface area contributed by atoms with Crippen LogP contribution in [0.25, 0.3) is 0 Å². The largest absolute Gasteiger partial charge is 0.342 e. The lowest BCUT2D eigenvalue weighted by Crippen LogP contribution is -2.25. The highest BCUT2D eigenvalue weighted by Gasteiger charge is 2.21. The summed E-state index contributed by atoms with van der Waals surface area (Å²) in [6.45, 7) is 5.51. The maximum Gasteiger partial charge on any atom is 0.219 e. The van der Waals surface area contributed by atoms with E-state index in [4.69, 9.17) is 0 Å². The summed E-state index contributed by atoms with van der Waals surface area (Å²) in [5, 5.41) is 0. The molecular formula is C9H15NO. The van der Waals surface area contributed by atoms with Crippen molar-refractivity contribution in [3.8, 4) is 0 Å². The van der Waals surface area contributed by atoms with Gasteiger partial charge in [0.2, 0.25) is 5.91 Å². The SMILES string of the molecule is C/C=C\[C@H]1CCN(C(C)=O)C1. The molecule has 1 atom stereocenters. The summed E-state index contributed by atoms with van der Waals surface area (Å²) in [6.07, 6.45) is 5.38. The molecule has 1 heterocycles. The average molecular weight is 153 g/mol. The predicted molar refractivity (Wildman–Crippen MR) is 45.2 cm³/mol. The number of carbonyl (C=O) groups excluding carboxylic acids is 1. The first-order chi connectivity index (χ1) is 5.24. The zero-order valence-corrected chi connectivity index (χ0v) is 7.21. The number of hydrogen-bond acceptors (Lipinski definition) is 1. The second-order valence-electron chi connectivity index (χ2n) is 3.04. The van der Waals surface area contributed by atoms with Crippen molar-refractivity contribution >= 4 is 5.91 Å². The standard InChI is InChI=1S/C9H15NO/c1-3-4-9-5-6-10(7-9)8(2)11/h3-4,9H,5-7H2,1-2H3/b4-3-/t9-/m0/s1. The minimum atomic E-state index is 0.206. The fraction of sp³-hybridized carbons (Fsp3) is 0.667. The Balaban J connectivity index is 2.40. The van der Waals surface area contributed by atoms with Gasteiger partial charge in [-0.1, -0.05) is 12.2 Å². The second kappa shape index (κ2) is 3.56. The van der Waals surface area contributed by atoms with Crippen molar-refractivity contribution in [3.63, 3.8) is 0 Å². The molecule has 2 nitrogen and oxygen atoms in total. The van der Waals surface area contributed by atoms with Gasteiger partial charge in [0.1, 0.15) is 0 Å². The lowest BCUT2D eigenvalue weighted by atomic mass is 10.1. The van der Waals surface area contributed by atoms with Gasteiger partial charge in [-0.2, -0.15) is 0 Å². The van der Waals surface area contributed by atoms with Crippen molar-refractivity contribution in [3.05, 3.63) is 12.2 Å². The third-order valence-electron chi connectivity index (χ3n) is 2.13. The van der Waals surface area contributed by atoms with Gasteiger partial charge < -0.3 is 4.90 Å². The Labute approximate surface area is 67.9 Å². The van der Waals surface area contributed by atoms with E-state index in [1.807, 2.05) is 11.8 Å². The summed E-state index contributed by atoms with van der Waals surface area (Å²) in [4.78, 5) is 12.8. The molecule has 0 bridgehead atoms. The van der Waals surface area contributed by atoms with E-state index in [1.165, 1.54) is 0 Å². The molecule has 1 aliphatic rings. The fourth-order valence-electron chi connectivity index (χ4n) is 1.50. The van der Waals surface area contributed by atoms with Crippen LogP contribution in [0.2, 0.25) is 0 Å². The van der Waals surface area contributed by atoms with E-state index in [0.717, 1.165) is 19.5 Å². The van der Waals surface area contributed by atoms with Crippen LogP contribution < -0.4 is 0 Å². The van der Waals surface area contributed by atoms with E-state index >= 15 is 0 Å². The Morgan fingerprint density at radius 3 is 2.82 bits per heavy atom. The van der Waals surface area contributed by atoms with E-state index in [9.17, 15) is 4.79 Å². The molecule has 0 unspecified atom stereocenters. The second-order valence-corrected chi connectivity index (χ2v) is 3.04. The van der Waals surface area contributed by atoms with Crippen LogP contribution in [0.15, 0.2) is 12.2 Å². The number of likely N-dealkylation sites (tertiary alicyclic amines) is 1. The van der Waals surface area contributed by atoms with Crippen molar-refractivity contribution in [2.75, 3.05) is 13.1 Å². The number of hydrogen-bond donors (Lipinski definition) is 0. The molecule has 1 fully saturated rings. The van der Waals surface area contributed by atoms with Crippen molar-refractivity contribution in [1.29, 1.82) is 0 Å². The maximum atomic E-state index is 10.9. The molecule has 2 heteroatoms. The number of amides is 1. The number of carbonyl (C=O) groups is 1. The van der Waals surface area contributed by atoms with Gasteiger partial charge in [-0.25, -0.2) is 0 Å². The highest BCUT2D eigenvalue weighted by molar-refractivity contribution is 5.73. The summed E-state index contributed by atoms with van der Waals surface area (Å²) in [7, 11) is 0. The van der Waals surface area contributed by atoms with Crippen LogP contribution in [0.5, 0.6) is 0 Å². The molecule has 0 N–H and O–H groups in total. The van der Waals surface area contributed by atoms with Crippen LogP contribution in [-0.4, -0.2) is 23.9 Å². The van der Waals surface area contributed by atoms with Crippen LogP contribution >= 0.6 is 0 Å². The number of rotatable bonds is 1. The van der Waals surface area contributed by atoms with E-state index in [1.54, 1.807) is 6.92 Å². The van der Waals surface area contributed by atoms with Crippen LogP contribution in [0.1, 0.15) is 20.3 Å². The van der Waals surface area contributed by atoms with Gasteiger partial charge >= 0.3 is 0 Å². The fourth-order valence-corrected chi connectivity index (χ4v) is 1.50. The molecule has 11 heavy (non-hydrogen) atoms. The van der Waals surface area contributed by atoms with Crippen LogP contribution in [0.3, 0.4) is 0 Å². The molecular weight excluding hydrogens is 138 g/mol. The third-order valence-corrected chi connectivity index (χ3v) is 2.13. The Kier molecular flexibility index (Phi) is 2.69. The molecule has 0 aromatic rings. The zero-order chi connectivity index (χ0) is 8.27. The minimum Gasteiger partial charge on any atom is -0.342 e. The van der Waals surface area contributed by atoms with Gasteiger partial charge in [0, 0.05) is 20.0 Å². The van der Waals surface area contributed by atoms with Gasteiger partial charge in [0.05, 0.1) is 0 Å². The topological polar surface area (TPSA) is 20.3 Å². The van der Waals surface area contributed by atoms with Gasteiger partial charge in [-0.15, -0.1) is 0 Å². The molecule has 0 saturated carbocycles. The molecule has 1 rings (SSSR count). The molecule has 1 aliphatic heterocycles. The summed E-state index contributed by atoms with van der Waals surface area (Å²) in [5.41, 5.74) is 0. The number of allylic oxidation sites excluding steroid dienone is 1. The van der Waals surface area contributed by atoms with Crippen LogP contribution in [-0.2, 0) is 4.79 Å². The van der Waals surface area contributed by atoms with Crippen molar-refractivity contribution in [1.82, 2.24) is 4.90 Å². The quantitative estimate of drug-likeness (QED) is 0.522. The van der Waals surface area contributed by atoms with Crippen molar-refractivity contribution in [2.24, 2.45) is 5.92 Å². The lowest BCUT2D eigenvalue weighted by molar-refractivity contribution is -0.127. The molecule has 1 amide bonds. The minimum absolute atomic E-state index is 0.206. The molecule has 0 radical (unpaired) electrons. The van der Waals surface area contributed by atoms with E-state index < -0.39 is 0 Å². The highest BCUT2D eigenvalue weighted by atomic mass is 16.2. The Morgan fingerprint density at radius 1 is 1.64 bits per heavy atom. The van der Waals surface area contributed by atoms with E-state index in [2.05, 4.69) is 12.2 Å². The first-order valence-corrected chi connectivity index (χ1v) is 4.12. The Bertz CT molecular complexity index is 174. The summed E-state index contributed by atoms with van der Waals surface area (Å²) < 4.78 is 0. The Morgan fingerprint density at radius 2 is 2.36 bits per heavy atom. The lowest BCUT2D eigenvalue weighted by Gasteiger charge is -2.11.